The van der Waals surface area contributed by atoms with Gasteiger partial charge in [0, 0.05) is 19.3 Å². The van der Waals surface area contributed by atoms with Crippen LogP contribution in [0.4, 0.5) is 0 Å². The molecule has 0 aliphatic heterocycles. The van der Waals surface area contributed by atoms with Gasteiger partial charge in [0.15, 0.2) is 6.10 Å². The second-order valence-electron chi connectivity index (χ2n) is 16.4. The number of carbonyl (C=O) groups excluding carboxylic acids is 3. The molecule has 0 N–H and O–H groups in total. The SMILES string of the molecule is CC/C=C/C=C/C=C/C=C/CCCCCC(=O)OC(COC(=O)CCCCC/C=C/CCCCCCCC)COC(=O)CCCCCCC/C=C/CCCCCCCCC. The number of rotatable bonds is 44. The van der Waals surface area contributed by atoms with E-state index in [0.717, 1.165) is 83.5 Å². The molecule has 0 heterocycles. The highest BCUT2D eigenvalue weighted by Gasteiger charge is 2.19. The second-order valence-corrected chi connectivity index (χ2v) is 16.4. The highest BCUT2D eigenvalue weighted by Crippen LogP contribution is 2.13. The van der Waals surface area contributed by atoms with Crippen molar-refractivity contribution in [3.63, 3.8) is 0 Å². The van der Waals surface area contributed by atoms with Crippen molar-refractivity contribution < 1.29 is 28.6 Å². The average Bonchev–Trinajstić information content (AvgIpc) is 3.24. The maximum atomic E-state index is 12.7. The number of ether oxygens (including phenoxy) is 3. The molecule has 0 saturated carbocycles. The smallest absolute Gasteiger partial charge is 0.306 e. The van der Waals surface area contributed by atoms with Crippen LogP contribution in [0, 0.1) is 0 Å². The van der Waals surface area contributed by atoms with Gasteiger partial charge in [-0.05, 0) is 89.9 Å². The molecular formula is C54H92O6. The highest BCUT2D eigenvalue weighted by molar-refractivity contribution is 5.71. The quantitative estimate of drug-likeness (QED) is 0.0200. The molecule has 0 aliphatic carbocycles. The van der Waals surface area contributed by atoms with Gasteiger partial charge < -0.3 is 14.2 Å². The monoisotopic (exact) mass is 837 g/mol. The highest BCUT2D eigenvalue weighted by atomic mass is 16.6. The maximum Gasteiger partial charge on any atom is 0.306 e. The van der Waals surface area contributed by atoms with Gasteiger partial charge >= 0.3 is 17.9 Å². The Morgan fingerprint density at radius 2 is 0.667 bits per heavy atom. The topological polar surface area (TPSA) is 78.9 Å². The summed E-state index contributed by atoms with van der Waals surface area (Å²) in [6.45, 7) is 6.43. The standard InChI is InChI=1S/C54H92O6/c1-4-7-10-13-16-19-22-25-26-27-30-32-35-38-41-44-47-53(56)59-50-51(60-54(57)48-45-42-39-36-33-29-24-21-18-15-12-9-6-3)49-58-52(55)46-43-40-37-34-31-28-23-20-17-14-11-8-5-2/h9,12,15,18,21,24,26-29,31,33,51H,4-8,10-11,13-14,16-17,19-20,22-23,25,30,32,34-50H2,1-3H3/b12-9+,18-15+,24-21+,27-26+,31-28+,33-29+. The fourth-order valence-electron chi connectivity index (χ4n) is 6.73. The second kappa shape index (κ2) is 48.5. The molecule has 0 aromatic carbocycles. The van der Waals surface area contributed by atoms with Crippen molar-refractivity contribution in [3.05, 3.63) is 72.9 Å². The van der Waals surface area contributed by atoms with E-state index in [1.165, 1.54) is 103 Å². The lowest BCUT2D eigenvalue weighted by Crippen LogP contribution is -2.30. The Morgan fingerprint density at radius 3 is 1.08 bits per heavy atom. The average molecular weight is 837 g/mol. The summed E-state index contributed by atoms with van der Waals surface area (Å²) in [7, 11) is 0. The molecule has 0 aliphatic rings. The normalized spacial score (nSPS) is 12.7. The zero-order valence-corrected chi connectivity index (χ0v) is 39.2. The summed E-state index contributed by atoms with van der Waals surface area (Å²) in [6, 6.07) is 0. The van der Waals surface area contributed by atoms with Crippen LogP contribution in [0.5, 0.6) is 0 Å². The number of unbranched alkanes of at least 4 members (excludes halogenated alkanes) is 24. The van der Waals surface area contributed by atoms with Gasteiger partial charge in [-0.3, -0.25) is 14.4 Å². The zero-order valence-electron chi connectivity index (χ0n) is 39.2. The minimum absolute atomic E-state index is 0.101. The third kappa shape index (κ3) is 45.9. The van der Waals surface area contributed by atoms with Crippen molar-refractivity contribution in [2.75, 3.05) is 13.2 Å². The maximum absolute atomic E-state index is 12.7. The fourth-order valence-corrected chi connectivity index (χ4v) is 6.73. The lowest BCUT2D eigenvalue weighted by Gasteiger charge is -2.18. The molecule has 0 radical (unpaired) electrons. The Labute approximate surface area is 370 Å². The molecule has 0 saturated heterocycles. The van der Waals surface area contributed by atoms with Crippen molar-refractivity contribution in [2.24, 2.45) is 0 Å². The van der Waals surface area contributed by atoms with Crippen LogP contribution in [0.2, 0.25) is 0 Å². The van der Waals surface area contributed by atoms with E-state index in [1.54, 1.807) is 0 Å². The predicted molar refractivity (Wildman–Crippen MR) is 256 cm³/mol. The molecule has 0 spiro atoms. The molecule has 344 valence electrons. The fraction of sp³-hybridized carbons (Fsp3) is 0.722. The van der Waals surface area contributed by atoms with Crippen molar-refractivity contribution in [1.29, 1.82) is 0 Å². The molecule has 6 nitrogen and oxygen atoms in total. The van der Waals surface area contributed by atoms with E-state index >= 15 is 0 Å². The Balaban J connectivity index is 4.46. The summed E-state index contributed by atoms with van der Waals surface area (Å²) in [5.74, 6) is -0.965. The van der Waals surface area contributed by atoms with Gasteiger partial charge in [0.2, 0.25) is 0 Å². The molecule has 0 aromatic heterocycles. The van der Waals surface area contributed by atoms with Gasteiger partial charge in [0.1, 0.15) is 13.2 Å². The Bertz CT molecular complexity index is 1140. The molecule has 0 amide bonds. The van der Waals surface area contributed by atoms with Crippen molar-refractivity contribution in [2.45, 2.75) is 239 Å². The molecule has 60 heavy (non-hydrogen) atoms. The summed E-state index contributed by atoms with van der Waals surface area (Å²) >= 11 is 0. The molecule has 0 fully saturated rings. The van der Waals surface area contributed by atoms with Crippen molar-refractivity contribution in [1.82, 2.24) is 0 Å². The zero-order chi connectivity index (χ0) is 43.7. The van der Waals surface area contributed by atoms with Gasteiger partial charge in [-0.25, -0.2) is 0 Å². The minimum atomic E-state index is -0.803. The number of hydrogen-bond acceptors (Lipinski definition) is 6. The van der Waals surface area contributed by atoms with E-state index in [2.05, 4.69) is 57.2 Å². The largest absolute Gasteiger partial charge is 0.462 e. The molecule has 0 aromatic rings. The van der Waals surface area contributed by atoms with Gasteiger partial charge in [-0.2, -0.15) is 0 Å². The number of hydrogen-bond donors (Lipinski definition) is 0. The lowest BCUT2D eigenvalue weighted by molar-refractivity contribution is -0.167. The first-order valence-corrected chi connectivity index (χ1v) is 25.0. The van der Waals surface area contributed by atoms with Crippen LogP contribution in [0.3, 0.4) is 0 Å². The number of carbonyl (C=O) groups is 3. The van der Waals surface area contributed by atoms with Crippen LogP contribution < -0.4 is 0 Å². The van der Waals surface area contributed by atoms with Crippen molar-refractivity contribution in [3.8, 4) is 0 Å². The third-order valence-electron chi connectivity index (χ3n) is 10.5. The Hall–Kier alpha value is -3.15. The van der Waals surface area contributed by atoms with Crippen LogP contribution >= 0.6 is 0 Å². The van der Waals surface area contributed by atoms with Gasteiger partial charge in [-0.15, -0.1) is 0 Å². The Kier molecular flexibility index (Phi) is 46.0. The van der Waals surface area contributed by atoms with E-state index in [4.69, 9.17) is 14.2 Å². The summed E-state index contributed by atoms with van der Waals surface area (Å²) in [4.78, 5) is 37.9. The third-order valence-corrected chi connectivity index (χ3v) is 10.5. The van der Waals surface area contributed by atoms with Gasteiger partial charge in [0.05, 0.1) is 0 Å². The molecule has 6 heteroatoms. The van der Waals surface area contributed by atoms with Gasteiger partial charge in [0.25, 0.3) is 0 Å². The van der Waals surface area contributed by atoms with Crippen LogP contribution in [0.25, 0.3) is 0 Å². The lowest BCUT2D eigenvalue weighted by atomic mass is 10.1. The molecule has 0 rings (SSSR count). The summed E-state index contributed by atoms with van der Waals surface area (Å²) in [6.07, 6.45) is 60.3. The first-order valence-electron chi connectivity index (χ1n) is 25.0. The van der Waals surface area contributed by atoms with Crippen LogP contribution in [0.1, 0.15) is 233 Å². The minimum Gasteiger partial charge on any atom is -0.462 e. The Morgan fingerprint density at radius 1 is 0.350 bits per heavy atom. The first kappa shape index (κ1) is 56.9. The number of allylic oxidation sites excluding steroid dienone is 12. The van der Waals surface area contributed by atoms with Crippen LogP contribution in [0.15, 0.2) is 72.9 Å². The molecular weight excluding hydrogens is 745 g/mol. The molecule has 1 unspecified atom stereocenters. The summed E-state index contributed by atoms with van der Waals surface area (Å²) < 4.78 is 16.7. The molecule has 1 atom stereocenters. The van der Waals surface area contributed by atoms with E-state index in [1.807, 2.05) is 36.5 Å². The van der Waals surface area contributed by atoms with E-state index in [0.29, 0.717) is 19.3 Å². The number of esters is 3. The van der Waals surface area contributed by atoms with E-state index in [9.17, 15) is 14.4 Å². The van der Waals surface area contributed by atoms with E-state index < -0.39 is 6.10 Å². The van der Waals surface area contributed by atoms with Crippen LogP contribution in [-0.2, 0) is 28.6 Å². The predicted octanol–water partition coefficient (Wildman–Crippen LogP) is 16.3. The molecule has 0 bridgehead atoms. The van der Waals surface area contributed by atoms with Crippen LogP contribution in [-0.4, -0.2) is 37.2 Å². The summed E-state index contributed by atoms with van der Waals surface area (Å²) in [5.41, 5.74) is 0. The van der Waals surface area contributed by atoms with Gasteiger partial charge in [-0.1, -0.05) is 196 Å². The first-order chi connectivity index (χ1) is 29.5. The van der Waals surface area contributed by atoms with Crippen molar-refractivity contribution >= 4 is 17.9 Å². The van der Waals surface area contributed by atoms with E-state index in [-0.39, 0.29) is 37.5 Å². The summed E-state index contributed by atoms with van der Waals surface area (Å²) in [5, 5.41) is 0.